The highest BCUT2D eigenvalue weighted by molar-refractivity contribution is 7.99. The second kappa shape index (κ2) is 7.67. The lowest BCUT2D eigenvalue weighted by Gasteiger charge is -2.00. The molecule has 0 aliphatic rings. The van der Waals surface area contributed by atoms with Crippen LogP contribution in [0.25, 0.3) is 0 Å². The molecule has 5 heteroatoms. The molecule has 0 fully saturated rings. The van der Waals surface area contributed by atoms with Gasteiger partial charge < -0.3 is 9.84 Å². The van der Waals surface area contributed by atoms with Crippen LogP contribution in [-0.4, -0.2) is 35.2 Å². The Kier molecular flexibility index (Phi) is 7.10. The zero-order chi connectivity index (χ0) is 10.1. The van der Waals surface area contributed by atoms with Crippen LogP contribution in [0.4, 0.5) is 0 Å². The van der Waals surface area contributed by atoms with Crippen molar-refractivity contribution in [3.8, 4) is 0 Å². The first kappa shape index (κ1) is 12.0. The van der Waals surface area contributed by atoms with Gasteiger partial charge in [-0.05, 0) is 0 Å². The predicted molar refractivity (Wildman–Crippen MR) is 50.7 cm³/mol. The summed E-state index contributed by atoms with van der Waals surface area (Å²) in [6.07, 6.45) is 1.73. The number of carbonyl (C=O) groups excluding carboxylic acids is 1. The largest absolute Gasteiger partial charge is 0.481 e. The predicted octanol–water partition coefficient (Wildman–Crippen LogP) is 0.923. The molecule has 4 nitrogen and oxygen atoms in total. The smallest absolute Gasteiger partial charge is 0.313 e. The highest BCUT2D eigenvalue weighted by Gasteiger charge is 2.02. The molecule has 74 valence electrons. The van der Waals surface area contributed by atoms with Gasteiger partial charge in [-0.3, -0.25) is 9.59 Å². The van der Waals surface area contributed by atoms with Crippen molar-refractivity contribution in [1.29, 1.82) is 0 Å². The van der Waals surface area contributed by atoms with Gasteiger partial charge in [-0.25, -0.2) is 0 Å². The van der Waals surface area contributed by atoms with Crippen LogP contribution in [0.5, 0.6) is 0 Å². The summed E-state index contributed by atoms with van der Waals surface area (Å²) in [5, 5.41) is 8.27. The van der Waals surface area contributed by atoms with Crippen LogP contribution in [0.15, 0.2) is 12.7 Å². The first-order valence-corrected chi connectivity index (χ1v) is 4.88. The van der Waals surface area contributed by atoms with E-state index in [1.165, 1.54) is 17.8 Å². The fourth-order valence-electron chi connectivity index (χ4n) is 0.539. The summed E-state index contributed by atoms with van der Waals surface area (Å²) >= 11 is 1.20. The first-order valence-electron chi connectivity index (χ1n) is 3.73. The summed E-state index contributed by atoms with van der Waals surface area (Å²) in [5.41, 5.74) is 0. The molecule has 0 radical (unpaired) electrons. The van der Waals surface area contributed by atoms with E-state index in [4.69, 9.17) is 5.11 Å². The second-order valence-corrected chi connectivity index (χ2v) is 3.27. The summed E-state index contributed by atoms with van der Waals surface area (Å²) in [6.45, 7) is 3.60. The van der Waals surface area contributed by atoms with Crippen LogP contribution in [-0.2, 0) is 14.3 Å². The maximum Gasteiger partial charge on any atom is 0.313 e. The third kappa shape index (κ3) is 8.94. The van der Waals surface area contributed by atoms with Crippen molar-refractivity contribution in [3.63, 3.8) is 0 Å². The van der Waals surface area contributed by atoms with Crippen molar-refractivity contribution in [3.05, 3.63) is 12.7 Å². The van der Waals surface area contributed by atoms with Gasteiger partial charge >= 0.3 is 11.9 Å². The van der Waals surface area contributed by atoms with E-state index in [-0.39, 0.29) is 24.7 Å². The fourth-order valence-corrected chi connectivity index (χ4v) is 1.17. The summed E-state index contributed by atoms with van der Waals surface area (Å²) in [5.74, 6) is -0.695. The Balaban J connectivity index is 3.26. The van der Waals surface area contributed by atoms with Gasteiger partial charge in [-0.1, -0.05) is 12.7 Å². The molecule has 0 spiro atoms. The molecule has 0 bridgehead atoms. The lowest BCUT2D eigenvalue weighted by atomic mass is 10.5. The first-order chi connectivity index (χ1) is 6.16. The Labute approximate surface area is 81.0 Å². The molecule has 0 atom stereocenters. The zero-order valence-electron chi connectivity index (χ0n) is 7.19. The summed E-state index contributed by atoms with van der Waals surface area (Å²) in [4.78, 5) is 20.9. The van der Waals surface area contributed by atoms with E-state index in [1.807, 2.05) is 0 Å². The molecule has 0 aliphatic heterocycles. The topological polar surface area (TPSA) is 63.6 Å². The van der Waals surface area contributed by atoms with E-state index >= 15 is 0 Å². The summed E-state index contributed by atoms with van der Waals surface area (Å²) in [7, 11) is 0. The van der Waals surface area contributed by atoms with Crippen LogP contribution in [0.2, 0.25) is 0 Å². The number of hydrogen-bond donors (Lipinski definition) is 1. The molecule has 0 unspecified atom stereocenters. The molecular weight excluding hydrogens is 192 g/mol. The highest BCUT2D eigenvalue weighted by atomic mass is 32.2. The molecule has 0 amide bonds. The molecule has 0 aromatic carbocycles. The Bertz CT molecular complexity index is 191. The van der Waals surface area contributed by atoms with Crippen molar-refractivity contribution in [1.82, 2.24) is 0 Å². The maximum atomic E-state index is 10.8. The van der Waals surface area contributed by atoms with E-state index in [0.717, 1.165) is 0 Å². The zero-order valence-corrected chi connectivity index (χ0v) is 8.01. The maximum absolute atomic E-state index is 10.8. The molecule has 0 aromatic rings. The second-order valence-electron chi connectivity index (χ2n) is 2.17. The molecular formula is C8H12O4S. The number of ether oxygens (including phenoxy) is 1. The molecule has 0 aromatic heterocycles. The quantitative estimate of drug-likeness (QED) is 0.379. The summed E-state index contributed by atoms with van der Waals surface area (Å²) < 4.78 is 4.68. The van der Waals surface area contributed by atoms with Crippen molar-refractivity contribution >= 4 is 23.7 Å². The Morgan fingerprint density at radius 1 is 1.54 bits per heavy atom. The number of hydrogen-bond acceptors (Lipinski definition) is 4. The van der Waals surface area contributed by atoms with Gasteiger partial charge in [0.1, 0.15) is 6.61 Å². The van der Waals surface area contributed by atoms with Crippen LogP contribution in [0, 0.1) is 0 Å². The Morgan fingerprint density at radius 3 is 2.77 bits per heavy atom. The Hall–Kier alpha value is -0.970. The standard InChI is InChI=1S/C8H12O4S/c1-2-4-12-8(11)3-5-13-6-7(9)10/h2H,1,3-6H2,(H,9,10). The van der Waals surface area contributed by atoms with Gasteiger partial charge in [0.15, 0.2) is 0 Å². The Morgan fingerprint density at radius 2 is 2.23 bits per heavy atom. The van der Waals surface area contributed by atoms with Crippen molar-refractivity contribution < 1.29 is 19.4 Å². The monoisotopic (exact) mass is 204 g/mol. The van der Waals surface area contributed by atoms with Gasteiger partial charge in [0.25, 0.3) is 0 Å². The van der Waals surface area contributed by atoms with E-state index in [0.29, 0.717) is 5.75 Å². The average Bonchev–Trinajstić information content (AvgIpc) is 2.08. The normalized spacial score (nSPS) is 9.23. The number of carbonyl (C=O) groups is 2. The number of rotatable bonds is 7. The van der Waals surface area contributed by atoms with E-state index in [9.17, 15) is 9.59 Å². The number of aliphatic carboxylic acids is 1. The van der Waals surface area contributed by atoms with Crippen molar-refractivity contribution in [2.45, 2.75) is 6.42 Å². The van der Waals surface area contributed by atoms with Crippen LogP contribution < -0.4 is 0 Å². The van der Waals surface area contributed by atoms with Crippen molar-refractivity contribution in [2.24, 2.45) is 0 Å². The SMILES string of the molecule is C=CCOC(=O)CCSCC(=O)O. The van der Waals surface area contributed by atoms with Gasteiger partial charge in [0.2, 0.25) is 0 Å². The molecule has 0 rings (SSSR count). The third-order valence-corrected chi connectivity index (χ3v) is 1.98. The minimum Gasteiger partial charge on any atom is -0.481 e. The van der Waals surface area contributed by atoms with Gasteiger partial charge in [0.05, 0.1) is 12.2 Å². The molecule has 0 aliphatic carbocycles. The molecule has 0 saturated heterocycles. The number of thioether (sulfide) groups is 1. The molecule has 0 heterocycles. The van der Waals surface area contributed by atoms with Crippen LogP contribution in [0.1, 0.15) is 6.42 Å². The molecule has 13 heavy (non-hydrogen) atoms. The van der Waals surface area contributed by atoms with Gasteiger partial charge in [0, 0.05) is 5.75 Å². The van der Waals surface area contributed by atoms with Crippen LogP contribution >= 0.6 is 11.8 Å². The third-order valence-electron chi connectivity index (χ3n) is 1.04. The van der Waals surface area contributed by atoms with E-state index < -0.39 is 5.97 Å². The molecule has 0 saturated carbocycles. The van der Waals surface area contributed by atoms with Crippen molar-refractivity contribution in [2.75, 3.05) is 18.1 Å². The lowest BCUT2D eigenvalue weighted by Crippen LogP contribution is -2.06. The molecule has 1 N–H and O–H groups in total. The summed E-state index contributed by atoms with van der Waals surface area (Å²) in [6, 6.07) is 0. The van der Waals surface area contributed by atoms with Gasteiger partial charge in [-0.15, -0.1) is 11.8 Å². The van der Waals surface area contributed by atoms with Gasteiger partial charge in [-0.2, -0.15) is 0 Å². The average molecular weight is 204 g/mol. The van der Waals surface area contributed by atoms with E-state index in [1.54, 1.807) is 0 Å². The minimum absolute atomic E-state index is 0.0226. The van der Waals surface area contributed by atoms with Crippen LogP contribution in [0.3, 0.4) is 0 Å². The number of esters is 1. The highest BCUT2D eigenvalue weighted by Crippen LogP contribution is 2.02. The lowest BCUT2D eigenvalue weighted by molar-refractivity contribution is -0.142. The number of carboxylic acids is 1. The number of carboxylic acid groups (broad SMARTS) is 1. The van der Waals surface area contributed by atoms with E-state index in [2.05, 4.69) is 11.3 Å². The fraction of sp³-hybridized carbons (Fsp3) is 0.500. The minimum atomic E-state index is -0.871.